The number of aryl methyl sites for hydroxylation is 2. The Morgan fingerprint density at radius 2 is 1.81 bits per heavy atom. The van der Waals surface area contributed by atoms with Gasteiger partial charge in [0, 0.05) is 35.2 Å². The highest BCUT2D eigenvalue weighted by molar-refractivity contribution is 6.43. The third kappa shape index (κ3) is 5.72. The van der Waals surface area contributed by atoms with Crippen LogP contribution < -0.4 is 16.4 Å². The van der Waals surface area contributed by atoms with E-state index in [1.165, 1.54) is 18.2 Å². The zero-order valence-corrected chi connectivity index (χ0v) is 18.4. The molecule has 7 nitrogen and oxygen atoms in total. The van der Waals surface area contributed by atoms with Gasteiger partial charge in [0.2, 0.25) is 0 Å². The molecule has 0 bridgehead atoms. The van der Waals surface area contributed by atoms with E-state index in [2.05, 4.69) is 15.8 Å². The van der Waals surface area contributed by atoms with Gasteiger partial charge in [-0.15, -0.1) is 0 Å². The molecule has 0 unspecified atom stereocenters. The summed E-state index contributed by atoms with van der Waals surface area (Å²) in [6.45, 7) is 9.79. The van der Waals surface area contributed by atoms with Crippen LogP contribution >= 0.6 is 0 Å². The number of hydrazone groups is 1. The van der Waals surface area contributed by atoms with Crippen LogP contribution in [0.4, 0.5) is 5.69 Å². The van der Waals surface area contributed by atoms with Crippen molar-refractivity contribution in [1.29, 1.82) is 0 Å². The van der Waals surface area contributed by atoms with Crippen LogP contribution in [0.1, 0.15) is 37.5 Å². The summed E-state index contributed by atoms with van der Waals surface area (Å²) in [6.07, 6.45) is 0.104. The number of carbonyl (C=O) groups is 1. The third-order valence-corrected chi connectivity index (χ3v) is 4.72. The van der Waals surface area contributed by atoms with Gasteiger partial charge in [-0.1, -0.05) is 6.07 Å². The smallest absolute Gasteiger partial charge is 0.336 e. The molecule has 0 aliphatic rings. The van der Waals surface area contributed by atoms with Gasteiger partial charge >= 0.3 is 5.63 Å². The van der Waals surface area contributed by atoms with Crippen molar-refractivity contribution in [1.82, 2.24) is 5.43 Å². The quantitative estimate of drug-likeness (QED) is 0.328. The molecule has 1 aromatic heterocycles. The van der Waals surface area contributed by atoms with Gasteiger partial charge < -0.3 is 20.3 Å². The van der Waals surface area contributed by atoms with Crippen molar-refractivity contribution in [2.75, 3.05) is 5.32 Å². The van der Waals surface area contributed by atoms with E-state index in [1.54, 1.807) is 6.07 Å². The number of phenolic OH excluding ortho intramolecular Hbond substituents is 1. The minimum Gasteiger partial charge on any atom is -0.508 e. The fourth-order valence-electron chi connectivity index (χ4n) is 2.97. The summed E-state index contributed by atoms with van der Waals surface area (Å²) in [5.41, 5.74) is 5.98. The van der Waals surface area contributed by atoms with Crippen LogP contribution in [0.2, 0.25) is 0 Å². The highest BCUT2D eigenvalue weighted by Gasteiger charge is 2.18. The van der Waals surface area contributed by atoms with Crippen molar-refractivity contribution >= 4 is 28.3 Å². The maximum Gasteiger partial charge on any atom is 0.336 e. The second-order valence-electron chi connectivity index (χ2n) is 8.62. The first-order valence-electron chi connectivity index (χ1n) is 10.00. The highest BCUT2D eigenvalue weighted by atomic mass is 16.4. The molecule has 3 aromatic rings. The first-order chi connectivity index (χ1) is 14.5. The van der Waals surface area contributed by atoms with Crippen molar-refractivity contribution in [3.05, 3.63) is 69.6 Å². The van der Waals surface area contributed by atoms with Crippen LogP contribution in [0.3, 0.4) is 0 Å². The van der Waals surface area contributed by atoms with Gasteiger partial charge in [-0.2, -0.15) is 5.10 Å². The van der Waals surface area contributed by atoms with Gasteiger partial charge in [-0.25, -0.2) is 4.79 Å². The molecule has 0 aliphatic carbocycles. The molecule has 0 atom stereocenters. The molecule has 1 amide bonds. The van der Waals surface area contributed by atoms with Gasteiger partial charge in [0.25, 0.3) is 5.91 Å². The summed E-state index contributed by atoms with van der Waals surface area (Å²) in [5.74, 6) is -0.385. The summed E-state index contributed by atoms with van der Waals surface area (Å²) < 4.78 is 5.19. The molecule has 3 rings (SSSR count). The number of anilines is 1. The summed E-state index contributed by atoms with van der Waals surface area (Å²) >= 11 is 0. The molecular weight excluding hydrogens is 394 g/mol. The molecule has 7 heteroatoms. The number of nitrogens with one attached hydrogen (secondary N) is 2. The number of carbonyl (C=O) groups excluding carboxylic acids is 1. The molecule has 0 radical (unpaired) electrons. The number of benzene rings is 2. The maximum atomic E-state index is 13.1. The molecule has 0 saturated carbocycles. The number of amides is 1. The Labute approximate surface area is 180 Å². The van der Waals surface area contributed by atoms with Crippen LogP contribution in [0.15, 0.2) is 56.8 Å². The highest BCUT2D eigenvalue weighted by Crippen LogP contribution is 2.23. The van der Waals surface area contributed by atoms with Crippen LogP contribution in [0.5, 0.6) is 5.75 Å². The van der Waals surface area contributed by atoms with Gasteiger partial charge in [-0.05, 0) is 75.6 Å². The van der Waals surface area contributed by atoms with Crippen molar-refractivity contribution in [3.63, 3.8) is 0 Å². The molecule has 1 heterocycles. The normalized spacial score (nSPS) is 12.1. The van der Waals surface area contributed by atoms with Crippen LogP contribution in [-0.2, 0) is 11.2 Å². The first-order valence-corrected chi connectivity index (χ1v) is 10.00. The number of phenols is 1. The van der Waals surface area contributed by atoms with E-state index < -0.39 is 5.63 Å². The predicted molar refractivity (Wildman–Crippen MR) is 123 cm³/mol. The topological polar surface area (TPSA) is 104 Å². The lowest BCUT2D eigenvalue weighted by Gasteiger charge is -2.19. The van der Waals surface area contributed by atoms with Crippen molar-refractivity contribution in [2.45, 2.75) is 46.6 Å². The molecule has 2 aromatic carbocycles. The maximum absolute atomic E-state index is 13.1. The summed E-state index contributed by atoms with van der Waals surface area (Å²) in [5, 5.41) is 17.6. The second kappa shape index (κ2) is 8.63. The lowest BCUT2D eigenvalue weighted by Crippen LogP contribution is -2.35. The Balaban J connectivity index is 1.98. The molecule has 162 valence electrons. The molecule has 0 aliphatic heterocycles. The number of aromatic hydroxyl groups is 1. The van der Waals surface area contributed by atoms with Gasteiger partial charge in [0.05, 0.1) is 0 Å². The van der Waals surface area contributed by atoms with Gasteiger partial charge in [0.1, 0.15) is 17.0 Å². The Morgan fingerprint density at radius 1 is 1.06 bits per heavy atom. The Morgan fingerprint density at radius 3 is 2.48 bits per heavy atom. The van der Waals surface area contributed by atoms with Gasteiger partial charge in [0.15, 0.2) is 0 Å². The summed E-state index contributed by atoms with van der Waals surface area (Å²) in [4.78, 5) is 25.1. The number of hydrogen-bond acceptors (Lipinski definition) is 6. The lowest BCUT2D eigenvalue weighted by atomic mass is 10.0. The van der Waals surface area contributed by atoms with Crippen LogP contribution in [0, 0.1) is 13.8 Å². The molecule has 0 spiro atoms. The van der Waals surface area contributed by atoms with E-state index >= 15 is 0 Å². The molecule has 0 saturated heterocycles. The van der Waals surface area contributed by atoms with E-state index in [9.17, 15) is 14.7 Å². The molecule has 31 heavy (non-hydrogen) atoms. The SMILES string of the molecule is Cc1ccc(NC(=O)/C(Cc2cc(=O)oc3cc(O)ccc23)=N\NC(C)(C)C)cc1C. The van der Waals surface area contributed by atoms with Crippen molar-refractivity contribution in [2.24, 2.45) is 5.10 Å². The number of rotatable bonds is 5. The van der Waals surface area contributed by atoms with E-state index in [0.29, 0.717) is 16.6 Å². The van der Waals surface area contributed by atoms with Crippen LogP contribution in [-0.4, -0.2) is 22.3 Å². The standard InChI is InChI=1S/C24H27N3O4/c1-14-6-7-17(10-15(14)2)25-23(30)20(26-27-24(3,4)5)11-16-12-22(29)31-21-13-18(28)8-9-19(16)21/h6-10,12-13,27-28H,11H2,1-5H3,(H,25,30)/b26-20-. The number of hydrogen-bond donors (Lipinski definition) is 3. The summed E-state index contributed by atoms with van der Waals surface area (Å²) in [6, 6.07) is 11.6. The molecule has 0 fully saturated rings. The Hall–Kier alpha value is -3.61. The minimum atomic E-state index is -0.564. The van der Waals surface area contributed by atoms with Gasteiger partial charge in [-0.3, -0.25) is 4.79 Å². The predicted octanol–water partition coefficient (Wildman–Crippen LogP) is 4.04. The second-order valence-corrected chi connectivity index (χ2v) is 8.62. The Kier molecular flexibility index (Phi) is 6.15. The zero-order valence-electron chi connectivity index (χ0n) is 18.4. The monoisotopic (exact) mass is 421 g/mol. The largest absolute Gasteiger partial charge is 0.508 e. The summed E-state index contributed by atoms with van der Waals surface area (Å²) in [7, 11) is 0. The van der Waals surface area contributed by atoms with E-state index in [4.69, 9.17) is 4.42 Å². The minimum absolute atomic E-state index is 0.0106. The number of fused-ring (bicyclic) bond motifs is 1. The Bertz CT molecular complexity index is 1220. The molecule has 3 N–H and O–H groups in total. The number of nitrogens with zero attached hydrogens (tertiary/aromatic N) is 1. The third-order valence-electron chi connectivity index (χ3n) is 4.72. The van der Waals surface area contributed by atoms with Crippen molar-refractivity contribution < 1.29 is 14.3 Å². The van der Waals surface area contributed by atoms with E-state index in [0.717, 1.165) is 11.1 Å². The first kappa shape index (κ1) is 22.1. The molecular formula is C24H27N3O4. The zero-order chi connectivity index (χ0) is 22.8. The fourth-order valence-corrected chi connectivity index (χ4v) is 2.97. The van der Waals surface area contributed by atoms with E-state index in [1.807, 2.05) is 52.8 Å². The lowest BCUT2D eigenvalue weighted by molar-refractivity contribution is -0.110. The average Bonchev–Trinajstić information content (AvgIpc) is 2.66. The fraction of sp³-hybridized carbons (Fsp3) is 0.292. The average molecular weight is 421 g/mol. The van der Waals surface area contributed by atoms with Crippen LogP contribution in [0.25, 0.3) is 11.0 Å². The van der Waals surface area contributed by atoms with Crippen molar-refractivity contribution in [3.8, 4) is 5.75 Å². The van der Waals surface area contributed by atoms with E-state index in [-0.39, 0.29) is 34.9 Å².